The average molecular weight is 266 g/mol. The number of carbonyl (C=O) groups is 1. The molecule has 0 aliphatic carbocycles. The van der Waals surface area contributed by atoms with E-state index >= 15 is 0 Å². The summed E-state index contributed by atoms with van der Waals surface area (Å²) in [5.74, 6) is -0.479. The van der Waals surface area contributed by atoms with E-state index in [4.69, 9.17) is 9.84 Å². The van der Waals surface area contributed by atoms with Crippen LogP contribution in [0.3, 0.4) is 0 Å². The van der Waals surface area contributed by atoms with Crippen molar-refractivity contribution in [3.8, 4) is 5.75 Å². The number of carboxylic acid groups (broad SMARTS) is 1. The fraction of sp³-hybridized carbons (Fsp3) is 0.571. The Morgan fingerprint density at radius 1 is 1.47 bits per heavy atom. The summed E-state index contributed by atoms with van der Waals surface area (Å²) in [6.07, 6.45) is -0.891. The van der Waals surface area contributed by atoms with E-state index in [1.807, 2.05) is 13.0 Å². The summed E-state index contributed by atoms with van der Waals surface area (Å²) in [7, 11) is 0. The molecule has 0 aromatic carbocycles. The number of hydrogen-bond donors (Lipinski definition) is 2. The van der Waals surface area contributed by atoms with Gasteiger partial charge in [-0.05, 0) is 46.8 Å². The van der Waals surface area contributed by atoms with Crippen LogP contribution in [0.1, 0.15) is 39.1 Å². The first-order valence-electron chi connectivity index (χ1n) is 6.30. The number of rotatable bonds is 5. The minimum atomic E-state index is -0.990. The molecule has 0 saturated carbocycles. The van der Waals surface area contributed by atoms with Crippen molar-refractivity contribution < 1.29 is 14.6 Å². The van der Waals surface area contributed by atoms with Gasteiger partial charge in [0.1, 0.15) is 5.75 Å². The monoisotopic (exact) mass is 266 g/mol. The number of ether oxygens (including phenoxy) is 1. The summed E-state index contributed by atoms with van der Waals surface area (Å²) < 4.78 is 5.43. The highest BCUT2D eigenvalue weighted by Gasteiger charge is 2.17. The summed E-state index contributed by atoms with van der Waals surface area (Å²) in [5.41, 5.74) is 1.56. The molecule has 0 amide bonds. The van der Waals surface area contributed by atoms with Crippen molar-refractivity contribution in [1.29, 1.82) is 0 Å². The third kappa shape index (κ3) is 5.26. The second-order valence-corrected chi connectivity index (χ2v) is 5.60. The largest absolute Gasteiger partial charge is 0.479 e. The molecule has 5 nitrogen and oxygen atoms in total. The fourth-order valence-corrected chi connectivity index (χ4v) is 1.42. The van der Waals surface area contributed by atoms with Crippen LogP contribution in [0.15, 0.2) is 12.1 Å². The van der Waals surface area contributed by atoms with Crippen molar-refractivity contribution in [1.82, 2.24) is 10.3 Å². The van der Waals surface area contributed by atoms with Gasteiger partial charge in [0, 0.05) is 17.8 Å². The van der Waals surface area contributed by atoms with Crippen LogP contribution in [-0.2, 0) is 11.3 Å². The first-order chi connectivity index (χ1) is 8.69. The van der Waals surface area contributed by atoms with E-state index in [1.165, 1.54) is 6.92 Å². The van der Waals surface area contributed by atoms with E-state index in [2.05, 4.69) is 31.1 Å². The summed E-state index contributed by atoms with van der Waals surface area (Å²) in [6, 6.07) is 3.58. The molecule has 5 heteroatoms. The minimum Gasteiger partial charge on any atom is -0.479 e. The maximum Gasteiger partial charge on any atom is 0.344 e. The van der Waals surface area contributed by atoms with Crippen LogP contribution >= 0.6 is 0 Å². The molecule has 19 heavy (non-hydrogen) atoms. The van der Waals surface area contributed by atoms with E-state index in [9.17, 15) is 4.79 Å². The highest BCUT2D eigenvalue weighted by atomic mass is 16.5. The van der Waals surface area contributed by atoms with Crippen molar-refractivity contribution in [2.24, 2.45) is 0 Å². The normalized spacial score (nSPS) is 13.1. The molecule has 0 radical (unpaired) electrons. The lowest BCUT2D eigenvalue weighted by Gasteiger charge is -2.22. The van der Waals surface area contributed by atoms with Crippen molar-refractivity contribution in [3.05, 3.63) is 23.5 Å². The van der Waals surface area contributed by atoms with Crippen LogP contribution in [0.4, 0.5) is 0 Å². The molecule has 1 atom stereocenters. The molecule has 0 bridgehead atoms. The van der Waals surface area contributed by atoms with Crippen LogP contribution in [0.5, 0.6) is 5.75 Å². The van der Waals surface area contributed by atoms with Crippen LogP contribution in [0.25, 0.3) is 0 Å². The molecule has 0 aliphatic rings. The number of nitrogens with zero attached hydrogens (tertiary/aromatic N) is 1. The van der Waals surface area contributed by atoms with Crippen LogP contribution in [-0.4, -0.2) is 27.7 Å². The molecule has 0 aliphatic heterocycles. The number of carboxylic acids is 1. The summed E-state index contributed by atoms with van der Waals surface area (Å²) in [6.45, 7) is 10.1. The van der Waals surface area contributed by atoms with Crippen molar-refractivity contribution in [2.45, 2.75) is 52.8 Å². The third-order valence-electron chi connectivity index (χ3n) is 2.51. The smallest absolute Gasteiger partial charge is 0.344 e. The predicted octanol–water partition coefficient (Wildman–Crippen LogP) is 2.13. The molecule has 0 fully saturated rings. The molecule has 1 rings (SSSR count). The van der Waals surface area contributed by atoms with Gasteiger partial charge in [0.15, 0.2) is 6.10 Å². The lowest BCUT2D eigenvalue weighted by atomic mass is 10.1. The van der Waals surface area contributed by atoms with E-state index in [0.717, 1.165) is 11.4 Å². The zero-order valence-corrected chi connectivity index (χ0v) is 12.2. The molecule has 106 valence electrons. The van der Waals surface area contributed by atoms with Gasteiger partial charge < -0.3 is 15.2 Å². The van der Waals surface area contributed by atoms with Crippen molar-refractivity contribution >= 4 is 5.97 Å². The molecule has 1 aromatic rings. The van der Waals surface area contributed by atoms with Gasteiger partial charge in [-0.2, -0.15) is 0 Å². The highest BCUT2D eigenvalue weighted by Crippen LogP contribution is 2.19. The Hall–Kier alpha value is -1.62. The SMILES string of the molecule is Cc1ccc(OC(C)C(=O)O)c(CNC(C)(C)C)n1. The zero-order chi connectivity index (χ0) is 14.6. The van der Waals surface area contributed by atoms with Gasteiger partial charge in [0.2, 0.25) is 0 Å². The molecule has 1 heterocycles. The van der Waals surface area contributed by atoms with Gasteiger partial charge in [-0.1, -0.05) is 0 Å². The Morgan fingerprint density at radius 3 is 2.63 bits per heavy atom. The number of aliphatic carboxylic acids is 1. The van der Waals surface area contributed by atoms with Crippen molar-refractivity contribution in [2.75, 3.05) is 0 Å². The molecule has 2 N–H and O–H groups in total. The second kappa shape index (κ2) is 6.02. The first-order valence-corrected chi connectivity index (χ1v) is 6.30. The third-order valence-corrected chi connectivity index (χ3v) is 2.51. The lowest BCUT2D eigenvalue weighted by Crippen LogP contribution is -2.35. The molecule has 0 saturated heterocycles. The number of nitrogens with one attached hydrogen (secondary N) is 1. The molecular formula is C14H22N2O3. The maximum absolute atomic E-state index is 10.8. The Labute approximate surface area is 114 Å². The lowest BCUT2D eigenvalue weighted by molar-refractivity contribution is -0.144. The maximum atomic E-state index is 10.8. The summed E-state index contributed by atoms with van der Waals surface area (Å²) >= 11 is 0. The number of aromatic nitrogens is 1. The average Bonchev–Trinajstić information content (AvgIpc) is 2.28. The molecule has 1 unspecified atom stereocenters. The number of pyridine rings is 1. The van der Waals surface area contributed by atoms with Crippen LogP contribution in [0, 0.1) is 6.92 Å². The van der Waals surface area contributed by atoms with Gasteiger partial charge in [-0.3, -0.25) is 4.98 Å². The second-order valence-electron chi connectivity index (χ2n) is 5.60. The van der Waals surface area contributed by atoms with Gasteiger partial charge in [-0.25, -0.2) is 4.79 Å². The topological polar surface area (TPSA) is 71.5 Å². The Morgan fingerprint density at radius 2 is 2.11 bits per heavy atom. The van der Waals surface area contributed by atoms with Gasteiger partial charge in [-0.15, -0.1) is 0 Å². The van der Waals surface area contributed by atoms with E-state index in [1.54, 1.807) is 6.07 Å². The number of aryl methyl sites for hydroxylation is 1. The van der Waals surface area contributed by atoms with Crippen LogP contribution < -0.4 is 10.1 Å². The van der Waals surface area contributed by atoms with Gasteiger partial charge in [0.05, 0.1) is 5.69 Å². The Balaban J connectivity index is 2.88. The predicted molar refractivity (Wildman–Crippen MR) is 73.3 cm³/mol. The Bertz CT molecular complexity index is 452. The van der Waals surface area contributed by atoms with E-state index < -0.39 is 12.1 Å². The zero-order valence-electron chi connectivity index (χ0n) is 12.2. The summed E-state index contributed by atoms with van der Waals surface area (Å²) in [4.78, 5) is 15.2. The minimum absolute atomic E-state index is 0.0406. The van der Waals surface area contributed by atoms with Crippen molar-refractivity contribution in [3.63, 3.8) is 0 Å². The molecule has 1 aromatic heterocycles. The first kappa shape index (κ1) is 15.4. The Kier molecular flexibility index (Phi) is 4.89. The highest BCUT2D eigenvalue weighted by molar-refractivity contribution is 5.72. The fourth-order valence-electron chi connectivity index (χ4n) is 1.42. The number of hydrogen-bond acceptors (Lipinski definition) is 4. The van der Waals surface area contributed by atoms with E-state index in [-0.39, 0.29) is 5.54 Å². The summed E-state index contributed by atoms with van der Waals surface area (Å²) in [5, 5.41) is 12.2. The molecule has 0 spiro atoms. The molecular weight excluding hydrogens is 244 g/mol. The van der Waals surface area contributed by atoms with Gasteiger partial charge in [0.25, 0.3) is 0 Å². The van der Waals surface area contributed by atoms with E-state index in [0.29, 0.717) is 12.3 Å². The standard InChI is InChI=1S/C14H22N2O3/c1-9-6-7-12(19-10(2)13(17)18)11(16-9)8-15-14(3,4)5/h6-7,10,15H,8H2,1-5H3,(H,17,18). The quantitative estimate of drug-likeness (QED) is 0.854. The van der Waals surface area contributed by atoms with Gasteiger partial charge >= 0.3 is 5.97 Å². The van der Waals surface area contributed by atoms with Crippen LogP contribution in [0.2, 0.25) is 0 Å².